The van der Waals surface area contributed by atoms with Crippen LogP contribution in [0.25, 0.3) is 27.7 Å². The lowest BCUT2D eigenvalue weighted by Crippen LogP contribution is -2.36. The molecule has 0 saturated carbocycles. The Labute approximate surface area is 161 Å². The average molecular weight is 377 g/mol. The second kappa shape index (κ2) is 5.58. The Kier molecular flexibility index (Phi) is 3.34. The van der Waals surface area contributed by atoms with Crippen molar-refractivity contribution in [2.75, 3.05) is 12.4 Å². The molecule has 0 atom stereocenters. The second-order valence-electron chi connectivity index (χ2n) is 7.56. The Hall–Kier alpha value is -3.35. The Morgan fingerprint density at radius 2 is 2.00 bits per heavy atom. The number of anilines is 1. The van der Waals surface area contributed by atoms with Gasteiger partial charge in [0.2, 0.25) is 0 Å². The van der Waals surface area contributed by atoms with Gasteiger partial charge in [-0.1, -0.05) is 12.1 Å². The van der Waals surface area contributed by atoms with Gasteiger partial charge in [-0.25, -0.2) is 4.39 Å². The highest BCUT2D eigenvalue weighted by atomic mass is 19.1. The van der Waals surface area contributed by atoms with Gasteiger partial charge in [-0.15, -0.1) is 10.2 Å². The molecular formula is C21H20FN5O. The molecule has 142 valence electrons. The second-order valence-corrected chi connectivity index (χ2v) is 7.56. The molecule has 4 aromatic rings. The van der Waals surface area contributed by atoms with E-state index in [4.69, 9.17) is 4.74 Å². The van der Waals surface area contributed by atoms with E-state index < -0.39 is 5.54 Å². The third kappa shape index (κ3) is 2.13. The number of rotatable bonds is 2. The minimum Gasteiger partial charge on any atom is -0.496 e. The first-order valence-electron chi connectivity index (χ1n) is 9.10. The van der Waals surface area contributed by atoms with Crippen LogP contribution in [0.3, 0.4) is 0 Å². The van der Waals surface area contributed by atoms with Gasteiger partial charge >= 0.3 is 0 Å². The predicted octanol–water partition coefficient (Wildman–Crippen LogP) is 4.53. The number of hydrogen-bond donors (Lipinski definition) is 2. The number of nitrogens with zero attached hydrogens (tertiary/aromatic N) is 3. The summed E-state index contributed by atoms with van der Waals surface area (Å²) in [5.41, 5.74) is 2.71. The molecule has 3 heterocycles. The fraction of sp³-hybridized carbons (Fsp3) is 0.238. The first-order valence-corrected chi connectivity index (χ1v) is 9.10. The van der Waals surface area contributed by atoms with Crippen molar-refractivity contribution in [3.8, 4) is 22.6 Å². The minimum absolute atomic E-state index is 0.366. The van der Waals surface area contributed by atoms with Crippen molar-refractivity contribution < 1.29 is 9.13 Å². The highest BCUT2D eigenvalue weighted by molar-refractivity contribution is 5.98. The maximum Gasteiger partial charge on any atom is 0.162 e. The third-order valence-electron chi connectivity index (χ3n) is 5.34. The van der Waals surface area contributed by atoms with E-state index in [1.807, 2.05) is 57.3 Å². The summed E-state index contributed by atoms with van der Waals surface area (Å²) in [6, 6.07) is 9.57. The zero-order valence-electron chi connectivity index (χ0n) is 16.1. The van der Waals surface area contributed by atoms with Crippen molar-refractivity contribution in [2.45, 2.75) is 26.3 Å². The summed E-state index contributed by atoms with van der Waals surface area (Å²) in [5, 5.41) is 12.8. The SMILES string of the molecule is COc1cc2c(c(F)c1-c1cccc3[nH]ccc13)-n1c(C)nnc1C(C)(C)N2. The molecule has 2 aromatic carbocycles. The van der Waals surface area contributed by atoms with Gasteiger partial charge in [0.1, 0.15) is 17.3 Å². The number of benzene rings is 2. The molecule has 0 aliphatic carbocycles. The normalized spacial score (nSPS) is 14.5. The van der Waals surface area contributed by atoms with Crippen LogP contribution in [0.1, 0.15) is 25.5 Å². The maximum absolute atomic E-state index is 16.1. The molecule has 0 amide bonds. The van der Waals surface area contributed by atoms with Crippen molar-refractivity contribution in [1.82, 2.24) is 19.7 Å². The number of halogens is 1. The van der Waals surface area contributed by atoms with E-state index in [0.29, 0.717) is 34.3 Å². The zero-order valence-corrected chi connectivity index (χ0v) is 16.1. The van der Waals surface area contributed by atoms with Crippen molar-refractivity contribution in [3.63, 3.8) is 0 Å². The monoisotopic (exact) mass is 377 g/mol. The Bertz CT molecular complexity index is 1240. The first-order chi connectivity index (χ1) is 13.4. The van der Waals surface area contributed by atoms with E-state index >= 15 is 4.39 Å². The van der Waals surface area contributed by atoms with Crippen LogP contribution >= 0.6 is 0 Å². The number of ether oxygens (including phenoxy) is 1. The molecule has 1 aliphatic heterocycles. The van der Waals surface area contributed by atoms with Crippen LogP contribution < -0.4 is 10.1 Å². The summed E-state index contributed by atoms with van der Waals surface area (Å²) in [7, 11) is 1.56. The molecule has 6 nitrogen and oxygen atoms in total. The van der Waals surface area contributed by atoms with E-state index in [-0.39, 0.29) is 5.82 Å². The van der Waals surface area contributed by atoms with Crippen LogP contribution in [0.5, 0.6) is 5.75 Å². The van der Waals surface area contributed by atoms with E-state index in [1.54, 1.807) is 11.7 Å². The number of aromatic amines is 1. The van der Waals surface area contributed by atoms with Crippen LogP contribution in [0.4, 0.5) is 10.1 Å². The Morgan fingerprint density at radius 1 is 1.18 bits per heavy atom. The summed E-state index contributed by atoms with van der Waals surface area (Å²) >= 11 is 0. The first kappa shape index (κ1) is 16.8. The highest BCUT2D eigenvalue weighted by Gasteiger charge is 2.37. The Morgan fingerprint density at radius 3 is 2.79 bits per heavy atom. The number of nitrogens with one attached hydrogen (secondary N) is 2. The summed E-state index contributed by atoms with van der Waals surface area (Å²) in [6.45, 7) is 5.82. The van der Waals surface area contributed by atoms with E-state index in [1.165, 1.54) is 0 Å². The molecular weight excluding hydrogens is 357 g/mol. The van der Waals surface area contributed by atoms with Crippen molar-refractivity contribution in [3.05, 3.63) is 54.0 Å². The lowest BCUT2D eigenvalue weighted by Gasteiger charge is -2.34. The van der Waals surface area contributed by atoms with Gasteiger partial charge in [-0.3, -0.25) is 4.57 Å². The molecule has 2 N–H and O–H groups in total. The van der Waals surface area contributed by atoms with Gasteiger partial charge in [0.05, 0.1) is 23.9 Å². The molecule has 0 radical (unpaired) electrons. The number of methoxy groups -OCH3 is 1. The van der Waals surface area contributed by atoms with Gasteiger partial charge in [-0.2, -0.15) is 0 Å². The van der Waals surface area contributed by atoms with Crippen molar-refractivity contribution >= 4 is 16.6 Å². The molecule has 5 rings (SSSR count). The molecule has 0 unspecified atom stereocenters. The lowest BCUT2D eigenvalue weighted by molar-refractivity contribution is 0.412. The van der Waals surface area contributed by atoms with Gasteiger partial charge in [0.15, 0.2) is 11.6 Å². The minimum atomic E-state index is -0.492. The summed E-state index contributed by atoms with van der Waals surface area (Å²) in [5.74, 6) is 1.42. The molecule has 28 heavy (non-hydrogen) atoms. The average Bonchev–Trinajstić information content (AvgIpc) is 3.28. The number of aromatic nitrogens is 4. The fourth-order valence-corrected chi connectivity index (χ4v) is 4.07. The van der Waals surface area contributed by atoms with Gasteiger partial charge in [0.25, 0.3) is 0 Å². The van der Waals surface area contributed by atoms with E-state index in [9.17, 15) is 0 Å². The van der Waals surface area contributed by atoms with E-state index in [0.717, 1.165) is 16.5 Å². The topological polar surface area (TPSA) is 67.8 Å². The highest BCUT2D eigenvalue weighted by Crippen LogP contribution is 2.46. The molecule has 2 aromatic heterocycles. The number of aryl methyl sites for hydroxylation is 1. The quantitative estimate of drug-likeness (QED) is 0.538. The lowest BCUT2D eigenvalue weighted by atomic mass is 9.95. The fourth-order valence-electron chi connectivity index (χ4n) is 4.07. The molecule has 0 bridgehead atoms. The van der Waals surface area contributed by atoms with Crippen LogP contribution in [-0.4, -0.2) is 26.9 Å². The molecule has 1 aliphatic rings. The summed E-state index contributed by atoms with van der Waals surface area (Å²) < 4.78 is 23.5. The number of hydrogen-bond acceptors (Lipinski definition) is 4. The van der Waals surface area contributed by atoms with Crippen LogP contribution in [0, 0.1) is 12.7 Å². The number of fused-ring (bicyclic) bond motifs is 4. The van der Waals surface area contributed by atoms with Crippen LogP contribution in [0.15, 0.2) is 36.5 Å². The molecule has 7 heteroatoms. The Balaban J connectivity index is 1.88. The standard InChI is InChI=1S/C21H20FN5O/c1-11-25-26-20-21(2,3)24-15-10-16(28-4)17(18(22)19(15)27(11)20)13-6-5-7-14-12(13)8-9-23-14/h5-10,23-24H,1-4H3. The summed E-state index contributed by atoms with van der Waals surface area (Å²) in [6.07, 6.45) is 1.85. The zero-order chi connectivity index (χ0) is 19.6. The van der Waals surface area contributed by atoms with Gasteiger partial charge < -0.3 is 15.0 Å². The smallest absolute Gasteiger partial charge is 0.162 e. The molecule has 0 saturated heterocycles. The van der Waals surface area contributed by atoms with Crippen molar-refractivity contribution in [1.29, 1.82) is 0 Å². The van der Waals surface area contributed by atoms with E-state index in [2.05, 4.69) is 20.5 Å². The predicted molar refractivity (Wildman–Crippen MR) is 107 cm³/mol. The van der Waals surface area contributed by atoms with Gasteiger partial charge in [0, 0.05) is 23.2 Å². The largest absolute Gasteiger partial charge is 0.496 e. The third-order valence-corrected chi connectivity index (χ3v) is 5.34. The molecule has 0 fully saturated rings. The maximum atomic E-state index is 16.1. The molecule has 0 spiro atoms. The van der Waals surface area contributed by atoms with Gasteiger partial charge in [-0.05, 0) is 38.5 Å². The van der Waals surface area contributed by atoms with Crippen LogP contribution in [0.2, 0.25) is 0 Å². The summed E-state index contributed by atoms with van der Waals surface area (Å²) in [4.78, 5) is 3.18. The number of H-pyrrole nitrogens is 1. The van der Waals surface area contributed by atoms with Crippen LogP contribution in [-0.2, 0) is 5.54 Å². The van der Waals surface area contributed by atoms with Crippen molar-refractivity contribution in [2.24, 2.45) is 0 Å².